The Kier molecular flexibility index (Phi) is 11.2. The lowest BCUT2D eigenvalue weighted by Gasteiger charge is -2.40. The van der Waals surface area contributed by atoms with Crippen molar-refractivity contribution in [3.63, 3.8) is 0 Å². The number of hydrogen-bond donors (Lipinski definition) is 3. The van der Waals surface area contributed by atoms with E-state index in [1.807, 2.05) is 39.0 Å². The number of piperazine rings is 1. The zero-order valence-electron chi connectivity index (χ0n) is 35.2. The predicted octanol–water partition coefficient (Wildman–Crippen LogP) is 6.53. The molecule has 3 fully saturated rings. The summed E-state index contributed by atoms with van der Waals surface area (Å²) in [5.74, 6) is -0.328. The molecule has 0 radical (unpaired) electrons. The van der Waals surface area contributed by atoms with E-state index in [4.69, 9.17) is 4.52 Å². The third-order valence-electron chi connectivity index (χ3n) is 12.1. The second-order valence-corrected chi connectivity index (χ2v) is 17.4. The van der Waals surface area contributed by atoms with Crippen LogP contribution in [-0.2, 0) is 16.8 Å². The molecule has 320 valence electrons. The molecule has 6 heterocycles. The Hall–Kier alpha value is -6.68. The summed E-state index contributed by atoms with van der Waals surface area (Å²) in [6.45, 7) is 13.2. The van der Waals surface area contributed by atoms with Gasteiger partial charge in [-0.15, -0.1) is 0 Å². The van der Waals surface area contributed by atoms with Crippen molar-refractivity contribution in [1.29, 1.82) is 0 Å². The lowest BCUT2D eigenvalue weighted by atomic mass is 9.95. The summed E-state index contributed by atoms with van der Waals surface area (Å²) in [6, 6.07) is 23.2. The summed E-state index contributed by atoms with van der Waals surface area (Å²) in [4.78, 5) is 62.1. The highest BCUT2D eigenvalue weighted by Gasteiger charge is 2.28. The number of amides is 4. The minimum atomic E-state index is -0.546. The number of aromatic amines is 1. The summed E-state index contributed by atoms with van der Waals surface area (Å²) in [5, 5.41) is 9.61. The van der Waals surface area contributed by atoms with E-state index < -0.39 is 17.1 Å². The Labute approximate surface area is 358 Å². The third kappa shape index (κ3) is 8.73. The van der Waals surface area contributed by atoms with Gasteiger partial charge >= 0.3 is 6.03 Å². The van der Waals surface area contributed by atoms with Gasteiger partial charge in [-0.1, -0.05) is 50.2 Å². The number of carbonyl (C=O) groups is 3. The standard InChI is InChI=1S/C46H50FN11O4/c1-46(2,3)44-53-42(54-62-44)43(60)48-26-32-5-4-31(24-37(32)47)40-36-25-38(51-41(36)50-28-49-40)30-6-8-33(9-7-30)57-22-20-55(21-23-57)27-29-14-17-56(18-15-29)34-10-12-35(13-11-34)58-19-16-39(59)52-45(58)61/h4-13,24-25,28-29H,14-23,26-27H2,1-3H3,(H,48,60)(H,49,50,51)(H,52,59,61). The first-order chi connectivity index (χ1) is 29.9. The van der Waals surface area contributed by atoms with Crippen LogP contribution in [0.5, 0.6) is 0 Å². The van der Waals surface area contributed by atoms with Crippen molar-refractivity contribution in [1.82, 2.24) is 40.6 Å². The molecule has 3 aliphatic rings. The number of nitrogens with one attached hydrogen (secondary N) is 3. The Morgan fingerprint density at radius 2 is 1.52 bits per heavy atom. The molecule has 3 aromatic carbocycles. The molecule has 16 heteroatoms. The molecule has 3 aliphatic heterocycles. The van der Waals surface area contributed by atoms with E-state index in [2.05, 4.69) is 86.8 Å². The predicted molar refractivity (Wildman–Crippen MR) is 234 cm³/mol. The minimum Gasteiger partial charge on any atom is -0.372 e. The topological polar surface area (TPSA) is 169 Å². The number of halogens is 1. The van der Waals surface area contributed by atoms with Gasteiger partial charge in [0.1, 0.15) is 17.8 Å². The molecule has 6 aromatic rings. The van der Waals surface area contributed by atoms with E-state index >= 15 is 4.39 Å². The van der Waals surface area contributed by atoms with Gasteiger partial charge in [0.2, 0.25) is 11.8 Å². The van der Waals surface area contributed by atoms with Crippen molar-refractivity contribution in [3.8, 4) is 22.5 Å². The Balaban J connectivity index is 0.759. The number of piperidine rings is 1. The fourth-order valence-corrected chi connectivity index (χ4v) is 8.47. The molecule has 62 heavy (non-hydrogen) atoms. The monoisotopic (exact) mass is 839 g/mol. The van der Waals surface area contributed by atoms with Crippen LogP contribution >= 0.6 is 0 Å². The number of nitrogens with zero attached hydrogens (tertiary/aromatic N) is 8. The van der Waals surface area contributed by atoms with E-state index in [0.717, 1.165) is 81.0 Å². The first-order valence-corrected chi connectivity index (χ1v) is 21.2. The van der Waals surface area contributed by atoms with Gasteiger partial charge in [-0.25, -0.2) is 19.2 Å². The highest BCUT2D eigenvalue weighted by molar-refractivity contribution is 6.05. The number of H-pyrrole nitrogens is 1. The van der Waals surface area contributed by atoms with Crippen LogP contribution in [0.2, 0.25) is 0 Å². The highest BCUT2D eigenvalue weighted by atomic mass is 19.1. The van der Waals surface area contributed by atoms with Gasteiger partial charge < -0.3 is 24.6 Å². The third-order valence-corrected chi connectivity index (χ3v) is 12.1. The van der Waals surface area contributed by atoms with Crippen LogP contribution in [0.15, 0.2) is 83.6 Å². The molecule has 0 unspecified atom stereocenters. The van der Waals surface area contributed by atoms with E-state index in [0.29, 0.717) is 47.2 Å². The van der Waals surface area contributed by atoms with Crippen molar-refractivity contribution >= 4 is 45.9 Å². The molecule has 0 saturated carbocycles. The molecular formula is C46H50FN11O4. The van der Waals surface area contributed by atoms with Crippen LogP contribution in [0, 0.1) is 11.7 Å². The lowest BCUT2D eigenvalue weighted by Crippen LogP contribution is -2.49. The molecular weight excluding hydrogens is 790 g/mol. The Bertz CT molecular complexity index is 2590. The highest BCUT2D eigenvalue weighted by Crippen LogP contribution is 2.33. The van der Waals surface area contributed by atoms with E-state index in [1.165, 1.54) is 23.8 Å². The maximum atomic E-state index is 15.4. The van der Waals surface area contributed by atoms with Crippen LogP contribution in [0.4, 0.5) is 26.2 Å². The van der Waals surface area contributed by atoms with Crippen molar-refractivity contribution in [2.75, 3.05) is 67.1 Å². The first kappa shape index (κ1) is 40.7. The number of hydrogen-bond acceptors (Lipinski definition) is 11. The molecule has 3 aromatic heterocycles. The molecule has 0 aliphatic carbocycles. The van der Waals surface area contributed by atoms with Gasteiger partial charge in [-0.05, 0) is 72.9 Å². The van der Waals surface area contributed by atoms with Gasteiger partial charge in [0, 0.05) is 110 Å². The van der Waals surface area contributed by atoms with Crippen molar-refractivity contribution < 1.29 is 23.3 Å². The smallest absolute Gasteiger partial charge is 0.328 e. The van der Waals surface area contributed by atoms with Crippen LogP contribution in [0.25, 0.3) is 33.5 Å². The number of rotatable bonds is 10. The van der Waals surface area contributed by atoms with Gasteiger partial charge in [-0.3, -0.25) is 24.7 Å². The Morgan fingerprint density at radius 1 is 0.839 bits per heavy atom. The quantitative estimate of drug-likeness (QED) is 0.137. The second-order valence-electron chi connectivity index (χ2n) is 17.4. The number of carbonyl (C=O) groups excluding carboxylic acids is 3. The van der Waals surface area contributed by atoms with Crippen molar-refractivity contribution in [3.05, 3.63) is 102 Å². The zero-order valence-corrected chi connectivity index (χ0v) is 35.2. The van der Waals surface area contributed by atoms with Crippen molar-refractivity contribution in [2.45, 2.75) is 52.0 Å². The van der Waals surface area contributed by atoms with E-state index in [1.54, 1.807) is 17.0 Å². The molecule has 0 bridgehead atoms. The fourth-order valence-electron chi connectivity index (χ4n) is 8.47. The number of aromatic nitrogens is 5. The molecule has 9 rings (SSSR count). The lowest BCUT2D eigenvalue weighted by molar-refractivity contribution is -0.120. The normalized spacial score (nSPS) is 16.9. The average molecular weight is 840 g/mol. The van der Waals surface area contributed by atoms with Crippen LogP contribution in [-0.4, -0.2) is 100 Å². The number of imide groups is 1. The molecule has 15 nitrogen and oxygen atoms in total. The van der Waals surface area contributed by atoms with E-state index in [9.17, 15) is 14.4 Å². The van der Waals surface area contributed by atoms with Crippen LogP contribution in [0.1, 0.15) is 62.1 Å². The molecule has 3 N–H and O–H groups in total. The van der Waals surface area contributed by atoms with Gasteiger partial charge in [0.25, 0.3) is 11.7 Å². The van der Waals surface area contributed by atoms with Crippen LogP contribution in [0.3, 0.4) is 0 Å². The first-order valence-electron chi connectivity index (χ1n) is 21.2. The molecule has 4 amide bonds. The van der Waals surface area contributed by atoms with Gasteiger partial charge in [-0.2, -0.15) is 4.98 Å². The maximum Gasteiger partial charge on any atom is 0.328 e. The molecule has 0 spiro atoms. The van der Waals surface area contributed by atoms with E-state index in [-0.39, 0.29) is 24.3 Å². The second kappa shape index (κ2) is 17.0. The average Bonchev–Trinajstić information content (AvgIpc) is 3.96. The zero-order chi connectivity index (χ0) is 43.0. The number of benzene rings is 3. The number of urea groups is 1. The van der Waals surface area contributed by atoms with Crippen LogP contribution < -0.4 is 25.3 Å². The number of fused-ring (bicyclic) bond motifs is 1. The Morgan fingerprint density at radius 3 is 2.19 bits per heavy atom. The largest absolute Gasteiger partial charge is 0.372 e. The summed E-state index contributed by atoms with van der Waals surface area (Å²) in [6.07, 6.45) is 4.08. The summed E-state index contributed by atoms with van der Waals surface area (Å²) in [7, 11) is 0. The molecule has 0 atom stereocenters. The number of anilines is 3. The summed E-state index contributed by atoms with van der Waals surface area (Å²) >= 11 is 0. The van der Waals surface area contributed by atoms with Gasteiger partial charge in [0.15, 0.2) is 0 Å². The van der Waals surface area contributed by atoms with Gasteiger partial charge in [0.05, 0.1) is 5.69 Å². The fraction of sp³-hybridized carbons (Fsp3) is 0.370. The van der Waals surface area contributed by atoms with Crippen molar-refractivity contribution in [2.24, 2.45) is 5.92 Å². The minimum absolute atomic E-state index is 0.0433. The maximum absolute atomic E-state index is 15.4. The summed E-state index contributed by atoms with van der Waals surface area (Å²) in [5.41, 5.74) is 6.84. The summed E-state index contributed by atoms with van der Waals surface area (Å²) < 4.78 is 20.6. The SMILES string of the molecule is CC(C)(C)c1nc(C(=O)NCc2ccc(-c3ncnc4[nH]c(-c5ccc(N6CCN(CC7CCN(c8ccc(N9CCC(=O)NC9=O)cc8)CC7)CC6)cc5)cc34)cc2F)no1. The molecule has 3 saturated heterocycles.